The zero-order valence-electron chi connectivity index (χ0n) is 15.6. The maximum Gasteiger partial charge on any atom is 0.330 e. The molecule has 1 saturated carbocycles. The maximum atomic E-state index is 12.4. The van der Waals surface area contributed by atoms with Crippen molar-refractivity contribution in [2.45, 2.75) is 38.3 Å². The van der Waals surface area contributed by atoms with Gasteiger partial charge >= 0.3 is 5.97 Å². The fraction of sp³-hybridized carbons (Fsp3) is 0.318. The Morgan fingerprint density at radius 1 is 0.964 bits per heavy atom. The van der Waals surface area contributed by atoms with E-state index in [1.807, 2.05) is 0 Å². The topological polar surface area (TPSA) is 95.5 Å². The Morgan fingerprint density at radius 2 is 1.61 bits per heavy atom. The Balaban J connectivity index is 1.58. The molecule has 2 amide bonds. The second kappa shape index (κ2) is 9.17. The average Bonchev–Trinajstić information content (AvgIpc) is 3.26. The number of carbonyl (C=O) groups excluding carboxylic acids is 2. The highest BCUT2D eigenvalue weighted by Gasteiger charge is 2.23. The Hall–Kier alpha value is -3.15. The van der Waals surface area contributed by atoms with Crippen molar-refractivity contribution in [3.8, 4) is 0 Å². The summed E-state index contributed by atoms with van der Waals surface area (Å²) in [6.07, 6.45) is 4.14. The molecule has 6 nitrogen and oxygen atoms in total. The highest BCUT2D eigenvalue weighted by Crippen LogP contribution is 2.24. The van der Waals surface area contributed by atoms with Gasteiger partial charge in [0.05, 0.1) is 0 Å². The van der Waals surface area contributed by atoms with Crippen molar-refractivity contribution in [3.63, 3.8) is 0 Å². The highest BCUT2D eigenvalue weighted by atomic mass is 16.4. The molecule has 0 aromatic heterocycles. The van der Waals surface area contributed by atoms with Crippen LogP contribution in [-0.4, -0.2) is 22.9 Å². The summed E-state index contributed by atoms with van der Waals surface area (Å²) in [5.74, 6) is -1.37. The van der Waals surface area contributed by atoms with E-state index >= 15 is 0 Å². The van der Waals surface area contributed by atoms with E-state index in [0.29, 0.717) is 17.7 Å². The third kappa shape index (κ3) is 4.97. The lowest BCUT2D eigenvalue weighted by Crippen LogP contribution is -2.33. The van der Waals surface area contributed by atoms with E-state index < -0.39 is 17.9 Å². The molecule has 3 N–H and O–H groups in total. The molecule has 1 aliphatic carbocycles. The molecular weight excluding hydrogens is 356 g/mol. The van der Waals surface area contributed by atoms with Gasteiger partial charge in [0, 0.05) is 18.0 Å². The van der Waals surface area contributed by atoms with Gasteiger partial charge in [0.25, 0.3) is 5.91 Å². The number of carboxylic acid groups (broad SMARTS) is 1. The molecule has 0 radical (unpaired) electrons. The first-order chi connectivity index (χ1) is 13.5. The molecule has 146 valence electrons. The van der Waals surface area contributed by atoms with E-state index in [2.05, 4.69) is 10.6 Å². The van der Waals surface area contributed by atoms with E-state index in [1.165, 1.54) is 0 Å². The van der Waals surface area contributed by atoms with Gasteiger partial charge in [0.15, 0.2) is 6.04 Å². The lowest BCUT2D eigenvalue weighted by molar-refractivity contribution is -0.139. The predicted molar refractivity (Wildman–Crippen MR) is 105 cm³/mol. The number of carbonyl (C=O) groups is 3. The number of aliphatic carboxylic acids is 1. The van der Waals surface area contributed by atoms with Crippen molar-refractivity contribution in [2.24, 2.45) is 5.92 Å². The van der Waals surface area contributed by atoms with Gasteiger partial charge in [-0.1, -0.05) is 55.3 Å². The van der Waals surface area contributed by atoms with Crippen molar-refractivity contribution in [1.82, 2.24) is 10.6 Å². The lowest BCUT2D eigenvalue weighted by Gasteiger charge is -2.15. The summed E-state index contributed by atoms with van der Waals surface area (Å²) in [5, 5.41) is 14.9. The Bertz CT molecular complexity index is 827. The second-order valence-corrected chi connectivity index (χ2v) is 7.05. The van der Waals surface area contributed by atoms with Crippen LogP contribution in [0.2, 0.25) is 0 Å². The first-order valence-electron chi connectivity index (χ1n) is 9.50. The summed E-state index contributed by atoms with van der Waals surface area (Å²) in [6, 6.07) is 14.3. The molecule has 1 unspecified atom stereocenters. The number of hydrogen-bond acceptors (Lipinski definition) is 3. The zero-order valence-corrected chi connectivity index (χ0v) is 15.6. The minimum atomic E-state index is -1.12. The second-order valence-electron chi connectivity index (χ2n) is 7.05. The normalized spacial score (nSPS) is 15.0. The third-order valence-electron chi connectivity index (χ3n) is 5.06. The molecule has 1 atom stereocenters. The molecule has 1 fully saturated rings. The molecule has 1 aliphatic rings. The summed E-state index contributed by atoms with van der Waals surface area (Å²) in [7, 11) is 0. The van der Waals surface area contributed by atoms with Crippen molar-refractivity contribution >= 4 is 17.8 Å². The van der Waals surface area contributed by atoms with Crippen LogP contribution in [0, 0.1) is 5.92 Å². The molecule has 6 heteroatoms. The molecule has 0 heterocycles. The zero-order chi connectivity index (χ0) is 19.9. The van der Waals surface area contributed by atoms with Crippen LogP contribution in [0.15, 0.2) is 54.6 Å². The Labute approximate surface area is 164 Å². The van der Waals surface area contributed by atoms with Crippen molar-refractivity contribution in [2.75, 3.05) is 0 Å². The molecule has 0 aliphatic heterocycles. The summed E-state index contributed by atoms with van der Waals surface area (Å²) < 4.78 is 0. The molecular formula is C22H24N2O4. The number of amides is 2. The van der Waals surface area contributed by atoms with Gasteiger partial charge in [-0.2, -0.15) is 0 Å². The smallest absolute Gasteiger partial charge is 0.330 e. The fourth-order valence-corrected chi connectivity index (χ4v) is 3.44. The van der Waals surface area contributed by atoms with Crippen LogP contribution >= 0.6 is 0 Å². The van der Waals surface area contributed by atoms with Crippen LogP contribution in [-0.2, 0) is 16.1 Å². The van der Waals surface area contributed by atoms with Crippen molar-refractivity contribution in [1.29, 1.82) is 0 Å². The van der Waals surface area contributed by atoms with Gasteiger partial charge in [-0.3, -0.25) is 9.59 Å². The largest absolute Gasteiger partial charge is 0.479 e. The SMILES string of the molecule is O=C(NC(C(=O)O)c1ccccc1)c1ccc(CNC(=O)C2CCCC2)cc1. The third-order valence-corrected chi connectivity index (χ3v) is 5.06. The average molecular weight is 380 g/mol. The fourth-order valence-electron chi connectivity index (χ4n) is 3.44. The van der Waals surface area contributed by atoms with Crippen LogP contribution in [0.3, 0.4) is 0 Å². The van der Waals surface area contributed by atoms with E-state index in [9.17, 15) is 19.5 Å². The molecule has 2 aromatic rings. The highest BCUT2D eigenvalue weighted by molar-refractivity contribution is 5.96. The first kappa shape index (κ1) is 19.6. The van der Waals surface area contributed by atoms with Gasteiger partial charge in [-0.25, -0.2) is 4.79 Å². The van der Waals surface area contributed by atoms with E-state index in [0.717, 1.165) is 31.2 Å². The molecule has 0 spiro atoms. The summed E-state index contributed by atoms with van der Waals surface area (Å²) >= 11 is 0. The van der Waals surface area contributed by atoms with Crippen molar-refractivity contribution in [3.05, 3.63) is 71.3 Å². The number of hydrogen-bond donors (Lipinski definition) is 3. The minimum Gasteiger partial charge on any atom is -0.479 e. The number of rotatable bonds is 7. The van der Waals surface area contributed by atoms with Crippen LogP contribution in [0.25, 0.3) is 0 Å². The van der Waals surface area contributed by atoms with Gasteiger partial charge in [-0.15, -0.1) is 0 Å². The van der Waals surface area contributed by atoms with E-state index in [4.69, 9.17) is 0 Å². The quantitative estimate of drug-likeness (QED) is 0.688. The molecule has 0 saturated heterocycles. The van der Waals surface area contributed by atoms with Gasteiger partial charge in [-0.05, 0) is 36.1 Å². The van der Waals surface area contributed by atoms with Gasteiger partial charge in [0.2, 0.25) is 5.91 Å². The van der Waals surface area contributed by atoms with Gasteiger partial charge in [0.1, 0.15) is 0 Å². The van der Waals surface area contributed by atoms with E-state index in [-0.39, 0.29) is 11.8 Å². The molecule has 3 rings (SSSR count). The maximum absolute atomic E-state index is 12.4. The number of carboxylic acids is 1. The summed E-state index contributed by atoms with van der Waals surface area (Å²) in [5.41, 5.74) is 1.77. The molecule has 0 bridgehead atoms. The Kier molecular flexibility index (Phi) is 6.42. The summed E-state index contributed by atoms with van der Waals surface area (Å²) in [6.45, 7) is 0.416. The Morgan fingerprint density at radius 3 is 2.21 bits per heavy atom. The van der Waals surface area contributed by atoms with Crippen LogP contribution < -0.4 is 10.6 Å². The molecule has 2 aromatic carbocycles. The monoisotopic (exact) mass is 380 g/mol. The first-order valence-corrected chi connectivity index (χ1v) is 9.50. The van der Waals surface area contributed by atoms with Crippen LogP contribution in [0.5, 0.6) is 0 Å². The summed E-state index contributed by atoms with van der Waals surface area (Å²) in [4.78, 5) is 36.0. The minimum absolute atomic E-state index is 0.0893. The standard InChI is InChI=1S/C22H24N2O4/c25-20(17-8-4-5-9-17)23-14-15-10-12-18(13-11-15)21(26)24-19(22(27)28)16-6-2-1-3-7-16/h1-3,6-7,10-13,17,19H,4-5,8-9,14H2,(H,23,25)(H,24,26)(H,27,28). The lowest BCUT2D eigenvalue weighted by atomic mass is 10.1. The van der Waals surface area contributed by atoms with Crippen LogP contribution in [0.4, 0.5) is 0 Å². The predicted octanol–water partition coefficient (Wildman–Crippen LogP) is 3.05. The van der Waals surface area contributed by atoms with E-state index in [1.54, 1.807) is 54.6 Å². The van der Waals surface area contributed by atoms with Gasteiger partial charge < -0.3 is 15.7 Å². The van der Waals surface area contributed by atoms with Crippen molar-refractivity contribution < 1.29 is 19.5 Å². The number of benzene rings is 2. The van der Waals surface area contributed by atoms with Crippen LogP contribution in [0.1, 0.15) is 53.2 Å². The number of nitrogens with one attached hydrogen (secondary N) is 2. The molecule has 28 heavy (non-hydrogen) atoms.